The number of hydrogen-bond acceptors (Lipinski definition) is 5. The molecular weight excluding hydrogens is 531 g/mol. The minimum absolute atomic E-state index is 0.108. The van der Waals surface area contributed by atoms with Crippen molar-refractivity contribution in [2.24, 2.45) is 0 Å². The summed E-state index contributed by atoms with van der Waals surface area (Å²) < 4.78 is 63.1. The van der Waals surface area contributed by atoms with Crippen LogP contribution in [0, 0.1) is 0 Å². The molecule has 5 nitrogen and oxygen atoms in total. The first-order chi connectivity index (χ1) is 15.5. The first-order valence-electron chi connectivity index (χ1n) is 9.53. The summed E-state index contributed by atoms with van der Waals surface area (Å²) >= 11 is 24.4. The molecule has 0 amide bonds. The summed E-state index contributed by atoms with van der Waals surface area (Å²) in [6, 6.07) is 9.45. The smallest absolute Gasteiger partial charge is 0.375 e. The van der Waals surface area contributed by atoms with Gasteiger partial charge in [0, 0.05) is 38.3 Å². The molecule has 0 aromatic heterocycles. The number of halogens is 7. The monoisotopic (exact) mass is 548 g/mol. The van der Waals surface area contributed by atoms with E-state index in [4.69, 9.17) is 65.4 Å². The Morgan fingerprint density at radius 1 is 0.939 bits per heavy atom. The third-order valence-electron chi connectivity index (χ3n) is 5.16. The Hall–Kier alpha value is -0.810. The Morgan fingerprint density at radius 3 is 1.88 bits per heavy atom. The fraction of sp³-hybridized carbons (Fsp3) is 0.429. The Balaban J connectivity index is 1.82. The number of rotatable bonds is 8. The molecule has 182 valence electrons. The van der Waals surface area contributed by atoms with Crippen molar-refractivity contribution in [2.75, 3.05) is 13.7 Å². The van der Waals surface area contributed by atoms with Crippen LogP contribution in [0.4, 0.5) is 13.2 Å². The van der Waals surface area contributed by atoms with E-state index in [0.717, 1.165) is 7.11 Å². The lowest BCUT2D eigenvalue weighted by Crippen LogP contribution is -2.60. The van der Waals surface area contributed by atoms with Crippen molar-refractivity contribution >= 4 is 46.4 Å². The van der Waals surface area contributed by atoms with E-state index in [1.165, 1.54) is 12.1 Å². The highest BCUT2D eigenvalue weighted by atomic mass is 35.5. The van der Waals surface area contributed by atoms with Crippen molar-refractivity contribution < 1.29 is 37.2 Å². The molecule has 1 saturated heterocycles. The Kier molecular flexibility index (Phi) is 8.81. The van der Waals surface area contributed by atoms with E-state index in [1.807, 2.05) is 0 Å². The molecule has 3 rings (SSSR count). The third kappa shape index (κ3) is 5.55. The normalized spacial score (nSPS) is 25.5. The van der Waals surface area contributed by atoms with Gasteiger partial charge in [-0.2, -0.15) is 13.2 Å². The number of methoxy groups -OCH3 is 1. The molecule has 0 radical (unpaired) electrons. The molecule has 0 spiro atoms. The SMILES string of the molecule is CO[C@H]1O[C@H](COCc2c(Cl)cccc2Cl)[C@@H](OCc2c(Cl)cccc2Cl)[C@]1(O)C(F)(F)F. The van der Waals surface area contributed by atoms with Crippen LogP contribution in [-0.4, -0.2) is 49.1 Å². The highest BCUT2D eigenvalue weighted by molar-refractivity contribution is 6.36. The van der Waals surface area contributed by atoms with Crippen LogP contribution in [0.25, 0.3) is 0 Å². The van der Waals surface area contributed by atoms with Gasteiger partial charge in [-0.05, 0) is 24.3 Å². The minimum Gasteiger partial charge on any atom is -0.375 e. The molecule has 2 aromatic carbocycles. The van der Waals surface area contributed by atoms with E-state index in [9.17, 15) is 18.3 Å². The zero-order chi connectivity index (χ0) is 24.4. The summed E-state index contributed by atoms with van der Waals surface area (Å²) in [5.74, 6) is 0. The summed E-state index contributed by atoms with van der Waals surface area (Å²) in [6.45, 7) is -0.918. The number of aliphatic hydroxyl groups is 1. The highest BCUT2D eigenvalue weighted by Crippen LogP contribution is 2.46. The topological polar surface area (TPSA) is 57.2 Å². The minimum atomic E-state index is -5.15. The van der Waals surface area contributed by atoms with E-state index in [2.05, 4.69) is 0 Å². The zero-order valence-electron chi connectivity index (χ0n) is 17.0. The van der Waals surface area contributed by atoms with Crippen molar-refractivity contribution in [3.05, 3.63) is 67.6 Å². The molecule has 0 aliphatic carbocycles. The molecule has 12 heteroatoms. The molecule has 1 aliphatic heterocycles. The van der Waals surface area contributed by atoms with Gasteiger partial charge in [0.2, 0.25) is 5.60 Å². The third-order valence-corrected chi connectivity index (χ3v) is 6.57. The number of ether oxygens (including phenoxy) is 4. The molecular formula is C21H19Cl4F3O5. The summed E-state index contributed by atoms with van der Waals surface area (Å²) in [5.41, 5.74) is -2.77. The fourth-order valence-electron chi connectivity index (χ4n) is 3.43. The van der Waals surface area contributed by atoms with E-state index in [0.29, 0.717) is 15.6 Å². The average molecular weight is 550 g/mol. The predicted molar refractivity (Wildman–Crippen MR) is 118 cm³/mol. The van der Waals surface area contributed by atoms with Gasteiger partial charge in [-0.25, -0.2) is 0 Å². The van der Waals surface area contributed by atoms with Crippen molar-refractivity contribution in [3.8, 4) is 0 Å². The Bertz CT molecular complexity index is 937. The van der Waals surface area contributed by atoms with Gasteiger partial charge in [-0.15, -0.1) is 0 Å². The maximum absolute atomic E-state index is 14.0. The second-order valence-electron chi connectivity index (χ2n) is 7.21. The van der Waals surface area contributed by atoms with Gasteiger partial charge < -0.3 is 24.1 Å². The number of alkyl halides is 3. The maximum Gasteiger partial charge on any atom is 0.425 e. The van der Waals surface area contributed by atoms with E-state index in [1.54, 1.807) is 24.3 Å². The molecule has 0 bridgehead atoms. The fourth-order valence-corrected chi connectivity index (χ4v) is 4.45. The van der Waals surface area contributed by atoms with Crippen LogP contribution in [0.1, 0.15) is 11.1 Å². The lowest BCUT2D eigenvalue weighted by atomic mass is 9.94. The van der Waals surface area contributed by atoms with Crippen LogP contribution in [0.5, 0.6) is 0 Å². The quantitative estimate of drug-likeness (QED) is 0.433. The van der Waals surface area contributed by atoms with Crippen molar-refractivity contribution in [1.29, 1.82) is 0 Å². The van der Waals surface area contributed by atoms with E-state index >= 15 is 0 Å². The number of hydrogen-bond donors (Lipinski definition) is 1. The molecule has 1 N–H and O–H groups in total. The van der Waals surface area contributed by atoms with Crippen LogP contribution in [0.15, 0.2) is 36.4 Å². The summed E-state index contributed by atoms with van der Waals surface area (Å²) in [5, 5.41) is 11.7. The second-order valence-corrected chi connectivity index (χ2v) is 8.84. The van der Waals surface area contributed by atoms with Gasteiger partial charge in [0.25, 0.3) is 0 Å². The van der Waals surface area contributed by atoms with Gasteiger partial charge in [0.05, 0.1) is 19.8 Å². The summed E-state index contributed by atoms with van der Waals surface area (Å²) in [6.07, 6.45) is -10.5. The van der Waals surface area contributed by atoms with Crippen molar-refractivity contribution in [3.63, 3.8) is 0 Å². The molecule has 0 saturated carbocycles. The van der Waals surface area contributed by atoms with E-state index < -0.39 is 36.9 Å². The Morgan fingerprint density at radius 2 is 1.42 bits per heavy atom. The van der Waals surface area contributed by atoms with Crippen LogP contribution in [-0.2, 0) is 32.2 Å². The largest absolute Gasteiger partial charge is 0.425 e. The van der Waals surface area contributed by atoms with Crippen LogP contribution >= 0.6 is 46.4 Å². The zero-order valence-corrected chi connectivity index (χ0v) is 20.1. The first kappa shape index (κ1) is 26.8. The van der Waals surface area contributed by atoms with Gasteiger partial charge in [0.15, 0.2) is 6.29 Å². The van der Waals surface area contributed by atoms with Crippen molar-refractivity contribution in [1.82, 2.24) is 0 Å². The van der Waals surface area contributed by atoms with Gasteiger partial charge >= 0.3 is 6.18 Å². The molecule has 33 heavy (non-hydrogen) atoms. The first-order valence-corrected chi connectivity index (χ1v) is 11.0. The molecule has 4 atom stereocenters. The lowest BCUT2D eigenvalue weighted by molar-refractivity contribution is -0.330. The maximum atomic E-state index is 14.0. The van der Waals surface area contributed by atoms with Gasteiger partial charge in [-0.3, -0.25) is 0 Å². The summed E-state index contributed by atoms with van der Waals surface area (Å²) in [7, 11) is 0.982. The standard InChI is InChI=1S/C21H19Cl4F3O5/c1-30-19-20(29,21(26,27)28)18(32-9-12-15(24)6-3-7-16(12)25)17(33-19)10-31-8-11-13(22)4-2-5-14(11)23/h2-7,17-19,29H,8-10H2,1H3/t17-,18-,19+,20-/m1/s1. The average Bonchev–Trinajstić information content (AvgIpc) is 3.02. The molecule has 0 unspecified atom stereocenters. The van der Waals surface area contributed by atoms with Crippen molar-refractivity contribution in [2.45, 2.75) is 43.5 Å². The molecule has 1 fully saturated rings. The molecule has 2 aromatic rings. The van der Waals surface area contributed by atoms with Gasteiger partial charge in [0.1, 0.15) is 12.2 Å². The van der Waals surface area contributed by atoms with E-state index in [-0.39, 0.29) is 28.8 Å². The lowest BCUT2D eigenvalue weighted by Gasteiger charge is -2.34. The molecule has 1 aliphatic rings. The second kappa shape index (κ2) is 10.8. The van der Waals surface area contributed by atoms with Crippen LogP contribution in [0.3, 0.4) is 0 Å². The van der Waals surface area contributed by atoms with Gasteiger partial charge in [-0.1, -0.05) is 58.5 Å². The van der Waals surface area contributed by atoms with Crippen LogP contribution < -0.4 is 0 Å². The highest BCUT2D eigenvalue weighted by Gasteiger charge is 2.71. The number of benzene rings is 2. The molecule has 1 heterocycles. The predicted octanol–water partition coefficient (Wildman–Crippen LogP) is 6.07. The van der Waals surface area contributed by atoms with Crippen LogP contribution in [0.2, 0.25) is 20.1 Å². The Labute approximate surface area is 208 Å². The summed E-state index contributed by atoms with van der Waals surface area (Å²) in [4.78, 5) is 0.